The van der Waals surface area contributed by atoms with Crippen molar-refractivity contribution in [1.82, 2.24) is 5.32 Å². The average molecular weight is 485 g/mol. The molecule has 2 aliphatic carbocycles. The Morgan fingerprint density at radius 2 is 1.85 bits per heavy atom. The second-order valence-corrected chi connectivity index (χ2v) is 9.27. The van der Waals surface area contributed by atoms with Gasteiger partial charge in [-0.05, 0) is 37.0 Å². The topological polar surface area (TPSA) is 73.2 Å². The molecule has 1 spiro atoms. The van der Waals surface area contributed by atoms with E-state index < -0.39 is 0 Å². The molecule has 2 amide bonds. The van der Waals surface area contributed by atoms with Crippen LogP contribution in [0.3, 0.4) is 0 Å². The predicted molar refractivity (Wildman–Crippen MR) is 134 cm³/mol. The molecule has 2 saturated carbocycles. The maximum atomic E-state index is 12.7. The summed E-state index contributed by atoms with van der Waals surface area (Å²) in [6.45, 7) is 0.702. The van der Waals surface area contributed by atoms with Gasteiger partial charge in [0.05, 0.1) is 27.0 Å². The zero-order valence-corrected chi connectivity index (χ0v) is 20.6. The first-order valence-corrected chi connectivity index (χ1v) is 11.9. The molecule has 2 aliphatic rings. The Balaban J connectivity index is 1.33. The van der Waals surface area contributed by atoms with Crippen LogP contribution >= 0.6 is 11.6 Å². The van der Waals surface area contributed by atoms with Crippen LogP contribution in [-0.4, -0.2) is 39.9 Å². The number of nitrogens with zero attached hydrogens (tertiary/aromatic N) is 1. The first kappa shape index (κ1) is 24.0. The van der Waals surface area contributed by atoms with Crippen molar-refractivity contribution < 1.29 is 19.0 Å². The van der Waals surface area contributed by atoms with E-state index in [1.807, 2.05) is 24.3 Å². The Bertz CT molecular complexity index is 1070. The number of benzene rings is 2. The molecule has 180 valence electrons. The van der Waals surface area contributed by atoms with Crippen molar-refractivity contribution in [2.45, 2.75) is 38.1 Å². The minimum atomic E-state index is -0.249. The molecule has 34 heavy (non-hydrogen) atoms. The van der Waals surface area contributed by atoms with Gasteiger partial charge in [-0.25, -0.2) is 4.79 Å². The minimum Gasteiger partial charge on any atom is -0.493 e. The third-order valence-corrected chi connectivity index (χ3v) is 7.10. The van der Waals surface area contributed by atoms with Crippen LogP contribution in [0.5, 0.6) is 17.2 Å². The van der Waals surface area contributed by atoms with Crippen LogP contribution in [0.1, 0.15) is 31.2 Å². The first-order chi connectivity index (χ1) is 16.5. The molecule has 0 aliphatic heterocycles. The minimum absolute atomic E-state index is 0.0798. The summed E-state index contributed by atoms with van der Waals surface area (Å²) in [7, 11) is 4.63. The number of rotatable bonds is 7. The first-order valence-electron chi connectivity index (χ1n) is 11.5. The standard InChI is InChI=1S/C26H30ClN3O4/c1-32-21-13-20(14-22(33-2)24(21)34-3)29-25(31)30-23-15-26(23)11-4-5-18(26)16-28-12-10-17-6-8-19(27)9-7-17/h6-9,13-14,18,23H,4-5,10-12,15H2,1-3H3,(H-,29,30,31)/p+1/t18?,23?,26-/m1/s1. The van der Waals surface area contributed by atoms with Crippen LogP contribution in [0.2, 0.25) is 5.02 Å². The van der Waals surface area contributed by atoms with Crippen LogP contribution in [-0.2, 0) is 6.42 Å². The Morgan fingerprint density at radius 3 is 2.50 bits per heavy atom. The van der Waals surface area contributed by atoms with Gasteiger partial charge in [-0.1, -0.05) is 35.0 Å². The molecular weight excluding hydrogens is 454 g/mol. The number of hydrogen-bond donors (Lipinski definition) is 2. The fourth-order valence-electron chi connectivity index (χ4n) is 4.96. The summed E-state index contributed by atoms with van der Waals surface area (Å²) in [5.41, 5.74) is 1.86. The van der Waals surface area contributed by atoms with E-state index in [1.54, 1.807) is 33.5 Å². The molecule has 0 aromatic heterocycles. The Hall–Kier alpha value is -3.11. The van der Waals surface area contributed by atoms with Gasteiger partial charge in [0.2, 0.25) is 5.75 Å². The van der Waals surface area contributed by atoms with Gasteiger partial charge in [0, 0.05) is 35.0 Å². The predicted octanol–water partition coefficient (Wildman–Crippen LogP) is 5.62. The van der Waals surface area contributed by atoms with Crippen molar-refractivity contribution in [2.24, 2.45) is 11.3 Å². The smallest absolute Gasteiger partial charge is 0.319 e. The third kappa shape index (κ3) is 5.18. The van der Waals surface area contributed by atoms with Gasteiger partial charge < -0.3 is 24.8 Å². The second-order valence-electron chi connectivity index (χ2n) is 8.83. The zero-order valence-electron chi connectivity index (χ0n) is 19.8. The number of nitrogens with one attached hydrogen (secondary N) is 2. The van der Waals surface area contributed by atoms with E-state index in [4.69, 9.17) is 25.8 Å². The van der Waals surface area contributed by atoms with Gasteiger partial charge in [-0.2, -0.15) is 0 Å². The Labute approximate surface area is 205 Å². The number of carbonyl (C=O) groups excluding carboxylic acids is 1. The molecule has 2 fully saturated rings. The summed E-state index contributed by atoms with van der Waals surface area (Å²) in [5.74, 6) is 1.74. The largest absolute Gasteiger partial charge is 0.493 e. The summed E-state index contributed by atoms with van der Waals surface area (Å²) in [4.78, 5) is 17.3. The van der Waals surface area contributed by atoms with Crippen molar-refractivity contribution in [2.75, 3.05) is 33.2 Å². The van der Waals surface area contributed by atoms with Gasteiger partial charge >= 0.3 is 6.03 Å². The molecule has 2 unspecified atom stereocenters. The van der Waals surface area contributed by atoms with Gasteiger partial charge in [-0.3, -0.25) is 0 Å². The highest BCUT2D eigenvalue weighted by molar-refractivity contribution is 6.30. The monoisotopic (exact) mass is 484 g/mol. The summed E-state index contributed by atoms with van der Waals surface area (Å²) in [6, 6.07) is 14.6. The maximum Gasteiger partial charge on any atom is 0.319 e. The molecular formula is C26H31ClN3O4+. The molecule has 0 radical (unpaired) electrons. The zero-order chi connectivity index (χ0) is 24.1. The molecule has 0 bridgehead atoms. The van der Waals surface area contributed by atoms with Gasteiger partial charge in [-0.15, -0.1) is 0 Å². The molecule has 3 atom stereocenters. The summed E-state index contributed by atoms with van der Waals surface area (Å²) in [6.07, 6.45) is 5.11. The highest BCUT2D eigenvalue weighted by Crippen LogP contribution is 2.61. The molecule has 4 rings (SSSR count). The number of methoxy groups -OCH3 is 3. The normalized spacial score (nSPS) is 22.5. The van der Waals surface area contributed by atoms with Crippen LogP contribution in [0.4, 0.5) is 10.5 Å². The number of anilines is 1. The molecule has 7 nitrogen and oxygen atoms in total. The van der Waals surface area contributed by atoms with Crippen LogP contribution in [0.15, 0.2) is 36.4 Å². The van der Waals surface area contributed by atoms with E-state index in [9.17, 15) is 4.79 Å². The molecule has 2 N–H and O–H groups in total. The van der Waals surface area contributed by atoms with E-state index in [2.05, 4.69) is 21.5 Å². The Kier molecular flexibility index (Phi) is 7.38. The lowest BCUT2D eigenvalue weighted by Crippen LogP contribution is -2.34. The molecule has 8 heteroatoms. The van der Waals surface area contributed by atoms with E-state index in [0.29, 0.717) is 29.5 Å². The summed E-state index contributed by atoms with van der Waals surface area (Å²) < 4.78 is 16.1. The number of ether oxygens (including phenoxy) is 3. The van der Waals surface area contributed by atoms with Gasteiger partial charge in [0.1, 0.15) is 5.92 Å². The van der Waals surface area contributed by atoms with Crippen molar-refractivity contribution >= 4 is 23.3 Å². The number of carbonyl (C=O) groups is 1. The van der Waals surface area contributed by atoms with Crippen molar-refractivity contribution in [1.29, 1.82) is 0 Å². The van der Waals surface area contributed by atoms with Crippen molar-refractivity contribution in [3.8, 4) is 23.3 Å². The SMILES string of the molecule is COc1cc(NC(=O)NC2C[C@@]23CCCC3C#[N+]CCc2ccc(Cl)cc2)cc(OC)c1OC. The van der Waals surface area contributed by atoms with E-state index in [1.165, 1.54) is 5.56 Å². The summed E-state index contributed by atoms with van der Waals surface area (Å²) in [5, 5.41) is 6.77. The number of urea groups is 1. The third-order valence-electron chi connectivity index (χ3n) is 6.85. The lowest BCUT2D eigenvalue weighted by atomic mass is 9.93. The fraction of sp³-hybridized carbons (Fsp3) is 0.462. The van der Waals surface area contributed by atoms with E-state index in [-0.39, 0.29) is 23.4 Å². The highest BCUT2D eigenvalue weighted by Gasteiger charge is 2.63. The van der Waals surface area contributed by atoms with Gasteiger partial charge in [0.25, 0.3) is 12.6 Å². The van der Waals surface area contributed by atoms with E-state index >= 15 is 0 Å². The lowest BCUT2D eigenvalue weighted by molar-refractivity contribution is 0.249. The number of halogens is 1. The maximum absolute atomic E-state index is 12.7. The van der Waals surface area contributed by atoms with Gasteiger partial charge in [0.15, 0.2) is 11.5 Å². The summed E-state index contributed by atoms with van der Waals surface area (Å²) >= 11 is 5.95. The van der Waals surface area contributed by atoms with Crippen LogP contribution in [0.25, 0.3) is 4.85 Å². The number of amides is 2. The van der Waals surface area contributed by atoms with Crippen molar-refractivity contribution in [3.63, 3.8) is 0 Å². The quantitative estimate of drug-likeness (QED) is 0.534. The molecule has 2 aromatic rings. The van der Waals surface area contributed by atoms with Crippen LogP contribution in [0, 0.1) is 17.4 Å². The molecule has 0 heterocycles. The average Bonchev–Trinajstić information content (AvgIpc) is 3.36. The van der Waals surface area contributed by atoms with E-state index in [0.717, 1.165) is 37.1 Å². The Morgan fingerprint density at radius 1 is 1.15 bits per heavy atom. The highest BCUT2D eigenvalue weighted by atomic mass is 35.5. The lowest BCUT2D eigenvalue weighted by Gasteiger charge is -2.16. The second kappa shape index (κ2) is 10.4. The van der Waals surface area contributed by atoms with Crippen LogP contribution < -0.4 is 24.8 Å². The molecule has 0 saturated heterocycles. The molecule has 2 aromatic carbocycles. The van der Waals surface area contributed by atoms with Crippen molar-refractivity contribution in [3.05, 3.63) is 51.8 Å². The fourth-order valence-corrected chi connectivity index (χ4v) is 5.08. The number of hydrogen-bond acceptors (Lipinski definition) is 4.